The maximum atomic E-state index is 5.47. The van der Waals surface area contributed by atoms with E-state index in [1.807, 2.05) is 0 Å². The Labute approximate surface area is 182 Å². The van der Waals surface area contributed by atoms with Gasteiger partial charge in [-0.15, -0.1) is 0 Å². The van der Waals surface area contributed by atoms with E-state index in [1.54, 1.807) is 0 Å². The van der Waals surface area contributed by atoms with Crippen LogP contribution in [0.25, 0.3) is 0 Å². The summed E-state index contributed by atoms with van der Waals surface area (Å²) in [6, 6.07) is 30.8. The molecule has 0 amide bonds. The average Bonchev–Trinajstić information content (AvgIpc) is 3.25. The number of nitrogens with zero attached hydrogens (tertiary/aromatic N) is 1. The molecule has 0 aliphatic heterocycles. The van der Waals surface area contributed by atoms with Gasteiger partial charge in [-0.05, 0) is 49.8 Å². The number of hydrogen-bond acceptors (Lipinski definition) is 1. The van der Waals surface area contributed by atoms with Gasteiger partial charge < -0.3 is 0 Å². The zero-order valence-electron chi connectivity index (χ0n) is 18.2. The van der Waals surface area contributed by atoms with Gasteiger partial charge in [0.15, 0.2) is 0 Å². The SMILES string of the molecule is CC1(C)C(=Nc2ccccc2P(c2ccccc2)c2ccccc2)[C@@]2(C)CC[C@@H]1C2. The minimum Gasteiger partial charge on any atom is -0.256 e. The molecule has 0 spiro atoms. The fraction of sp³-hybridized carbons (Fsp3) is 0.321. The molecule has 2 heteroatoms. The molecular formula is C28H30NP. The van der Waals surface area contributed by atoms with E-state index >= 15 is 0 Å². The van der Waals surface area contributed by atoms with Crippen LogP contribution in [0.2, 0.25) is 0 Å². The minimum atomic E-state index is -0.649. The molecule has 0 unspecified atom stereocenters. The second kappa shape index (κ2) is 7.47. The summed E-state index contributed by atoms with van der Waals surface area (Å²) in [6.07, 6.45) is 3.94. The van der Waals surface area contributed by atoms with Gasteiger partial charge in [-0.25, -0.2) is 0 Å². The van der Waals surface area contributed by atoms with E-state index in [0.717, 1.165) is 11.6 Å². The van der Waals surface area contributed by atoms with Crippen LogP contribution in [0.1, 0.15) is 40.0 Å². The van der Waals surface area contributed by atoms with Gasteiger partial charge in [0.25, 0.3) is 0 Å². The largest absolute Gasteiger partial charge is 0.256 e. The topological polar surface area (TPSA) is 12.4 Å². The van der Waals surface area contributed by atoms with Crippen LogP contribution in [0.5, 0.6) is 0 Å². The molecule has 3 aromatic rings. The van der Waals surface area contributed by atoms with Crippen LogP contribution in [0.15, 0.2) is 89.9 Å². The summed E-state index contributed by atoms with van der Waals surface area (Å²) in [7, 11) is -0.649. The first-order valence-electron chi connectivity index (χ1n) is 11.1. The van der Waals surface area contributed by atoms with E-state index in [0.29, 0.717) is 0 Å². The lowest BCUT2D eigenvalue weighted by Crippen LogP contribution is -2.35. The number of rotatable bonds is 4. The highest BCUT2D eigenvalue weighted by Gasteiger charge is 2.57. The second-order valence-electron chi connectivity index (χ2n) is 9.68. The van der Waals surface area contributed by atoms with E-state index in [4.69, 9.17) is 4.99 Å². The van der Waals surface area contributed by atoms with Gasteiger partial charge in [-0.3, -0.25) is 4.99 Å². The molecular weight excluding hydrogens is 381 g/mol. The molecule has 2 atom stereocenters. The van der Waals surface area contributed by atoms with Crippen molar-refractivity contribution in [2.45, 2.75) is 40.0 Å². The Hall–Kier alpha value is -2.24. The zero-order valence-corrected chi connectivity index (χ0v) is 19.1. The fourth-order valence-corrected chi connectivity index (χ4v) is 8.16. The van der Waals surface area contributed by atoms with Crippen LogP contribution in [0.4, 0.5) is 5.69 Å². The molecule has 0 aromatic heterocycles. The summed E-state index contributed by atoms with van der Waals surface area (Å²) >= 11 is 0. The molecule has 30 heavy (non-hydrogen) atoms. The third-order valence-corrected chi connectivity index (χ3v) is 9.82. The Morgan fingerprint density at radius 3 is 1.90 bits per heavy atom. The number of hydrogen-bond donors (Lipinski definition) is 0. The molecule has 0 heterocycles. The standard InChI is InChI=1S/C28H30NP/c1-27(2)21-18-19-28(3,20-21)26(27)29-24-16-10-11-17-25(24)30(22-12-6-4-7-13-22)23-14-8-5-9-15-23/h4-17,21H,18-20H2,1-3H3/t21-,28+/m1/s1. The van der Waals surface area contributed by atoms with Gasteiger partial charge in [0.1, 0.15) is 0 Å². The molecule has 152 valence electrons. The Morgan fingerprint density at radius 1 is 0.767 bits per heavy atom. The van der Waals surface area contributed by atoms with Crippen molar-refractivity contribution in [2.24, 2.45) is 21.7 Å². The van der Waals surface area contributed by atoms with Crippen LogP contribution in [-0.2, 0) is 0 Å². The molecule has 1 nitrogen and oxygen atoms in total. The molecule has 2 fully saturated rings. The Balaban J connectivity index is 1.67. The first kappa shape index (κ1) is 19.7. The van der Waals surface area contributed by atoms with E-state index < -0.39 is 7.92 Å². The monoisotopic (exact) mass is 411 g/mol. The minimum absolute atomic E-state index is 0.197. The predicted molar refractivity (Wildman–Crippen MR) is 131 cm³/mol. The normalized spacial score (nSPS) is 25.9. The summed E-state index contributed by atoms with van der Waals surface area (Å²) in [4.78, 5) is 5.47. The quantitative estimate of drug-likeness (QED) is 0.443. The van der Waals surface area contributed by atoms with Crippen molar-refractivity contribution in [1.82, 2.24) is 0 Å². The molecule has 0 saturated heterocycles. The van der Waals surface area contributed by atoms with Crippen molar-refractivity contribution in [3.63, 3.8) is 0 Å². The first-order chi connectivity index (χ1) is 14.5. The highest BCUT2D eigenvalue weighted by molar-refractivity contribution is 7.80. The lowest BCUT2D eigenvalue weighted by atomic mass is 9.71. The second-order valence-corrected chi connectivity index (χ2v) is 11.9. The van der Waals surface area contributed by atoms with Gasteiger partial charge >= 0.3 is 0 Å². The van der Waals surface area contributed by atoms with Crippen LogP contribution in [0.3, 0.4) is 0 Å². The maximum absolute atomic E-state index is 5.47. The molecule has 0 radical (unpaired) electrons. The van der Waals surface area contributed by atoms with Crippen LogP contribution >= 0.6 is 7.92 Å². The van der Waals surface area contributed by atoms with Gasteiger partial charge in [-0.2, -0.15) is 0 Å². The summed E-state index contributed by atoms with van der Waals surface area (Å²) in [5, 5.41) is 4.12. The van der Waals surface area contributed by atoms with Crippen molar-refractivity contribution < 1.29 is 0 Å². The van der Waals surface area contributed by atoms with Crippen molar-refractivity contribution in [1.29, 1.82) is 0 Å². The average molecular weight is 412 g/mol. The molecule has 2 aliphatic carbocycles. The first-order valence-corrected chi connectivity index (χ1v) is 12.4. The van der Waals surface area contributed by atoms with Crippen molar-refractivity contribution >= 4 is 35.2 Å². The Kier molecular flexibility index (Phi) is 4.91. The van der Waals surface area contributed by atoms with E-state index in [-0.39, 0.29) is 10.8 Å². The molecule has 3 aromatic carbocycles. The van der Waals surface area contributed by atoms with Crippen molar-refractivity contribution in [2.75, 3.05) is 0 Å². The molecule has 2 saturated carbocycles. The smallest absolute Gasteiger partial charge is 0.0712 e. The van der Waals surface area contributed by atoms with Crippen LogP contribution < -0.4 is 15.9 Å². The lowest BCUT2D eigenvalue weighted by molar-refractivity contribution is 0.333. The molecule has 2 aliphatic rings. The van der Waals surface area contributed by atoms with Gasteiger partial charge in [0.05, 0.1) is 5.69 Å². The highest BCUT2D eigenvalue weighted by Crippen LogP contribution is 2.61. The number of fused-ring (bicyclic) bond motifs is 2. The number of benzene rings is 3. The Bertz CT molecular complexity index is 1020. The van der Waals surface area contributed by atoms with E-state index in [9.17, 15) is 0 Å². The van der Waals surface area contributed by atoms with E-state index in [1.165, 1.54) is 40.9 Å². The molecule has 0 N–H and O–H groups in total. The Morgan fingerprint density at radius 2 is 1.33 bits per heavy atom. The lowest BCUT2D eigenvalue weighted by Gasteiger charge is -2.35. The van der Waals surface area contributed by atoms with Gasteiger partial charge in [-0.1, -0.05) is 99.6 Å². The third-order valence-electron chi connectivity index (χ3n) is 7.33. The maximum Gasteiger partial charge on any atom is 0.0712 e. The fourth-order valence-electron chi connectivity index (χ4n) is 5.77. The number of para-hydroxylation sites is 1. The van der Waals surface area contributed by atoms with E-state index in [2.05, 4.69) is 106 Å². The summed E-state index contributed by atoms with van der Waals surface area (Å²) in [5.74, 6) is 0.776. The number of aliphatic imine (C=N–C) groups is 1. The van der Waals surface area contributed by atoms with Crippen LogP contribution in [-0.4, -0.2) is 5.71 Å². The summed E-state index contributed by atoms with van der Waals surface area (Å²) in [6.45, 7) is 7.28. The van der Waals surface area contributed by atoms with Crippen molar-refractivity contribution in [3.05, 3.63) is 84.9 Å². The van der Waals surface area contributed by atoms with Gasteiger partial charge in [0, 0.05) is 21.8 Å². The predicted octanol–water partition coefficient (Wildman–Crippen LogP) is 6.36. The highest BCUT2D eigenvalue weighted by atomic mass is 31.1. The summed E-state index contributed by atoms with van der Waals surface area (Å²) < 4.78 is 0. The van der Waals surface area contributed by atoms with Gasteiger partial charge in [0.2, 0.25) is 0 Å². The van der Waals surface area contributed by atoms with Crippen molar-refractivity contribution in [3.8, 4) is 0 Å². The van der Waals surface area contributed by atoms with Crippen LogP contribution in [0, 0.1) is 16.7 Å². The zero-order chi connectivity index (χ0) is 20.8. The summed E-state index contributed by atoms with van der Waals surface area (Å²) in [5.41, 5.74) is 3.05. The third kappa shape index (κ3) is 3.25. The molecule has 2 bridgehead atoms. The molecule has 5 rings (SSSR count).